The van der Waals surface area contributed by atoms with Gasteiger partial charge in [-0.25, -0.2) is 9.97 Å². The van der Waals surface area contributed by atoms with E-state index in [4.69, 9.17) is 5.73 Å². The molecule has 3 heterocycles. The molecule has 1 aromatic carbocycles. The molecule has 0 saturated carbocycles. The molecule has 0 aliphatic carbocycles. The Morgan fingerprint density at radius 1 is 1.24 bits per heavy atom. The first kappa shape index (κ1) is 19.0. The summed E-state index contributed by atoms with van der Waals surface area (Å²) in [4.78, 5) is 22.5. The number of imidazole rings is 1. The summed E-state index contributed by atoms with van der Waals surface area (Å²) in [7, 11) is 0. The largest absolute Gasteiger partial charge is 0.416 e. The molecular weight excluding hydrogens is 383 g/mol. The highest BCUT2D eigenvalue weighted by Gasteiger charge is 2.32. The first-order chi connectivity index (χ1) is 13.8. The summed E-state index contributed by atoms with van der Waals surface area (Å²) < 4.78 is 40.3. The van der Waals surface area contributed by atoms with Gasteiger partial charge in [0.1, 0.15) is 5.82 Å². The molecule has 29 heavy (non-hydrogen) atoms. The molecule has 1 saturated heterocycles. The monoisotopic (exact) mass is 401 g/mol. The van der Waals surface area contributed by atoms with Crippen molar-refractivity contribution in [3.63, 3.8) is 0 Å². The van der Waals surface area contributed by atoms with E-state index in [0.29, 0.717) is 47.9 Å². The van der Waals surface area contributed by atoms with Gasteiger partial charge in [0.05, 0.1) is 5.56 Å². The molecule has 1 amide bonds. The Balaban J connectivity index is 1.71. The zero-order valence-electron chi connectivity index (χ0n) is 15.4. The van der Waals surface area contributed by atoms with Gasteiger partial charge < -0.3 is 10.6 Å². The van der Waals surface area contributed by atoms with Gasteiger partial charge in [0, 0.05) is 42.5 Å². The first-order valence-corrected chi connectivity index (χ1v) is 9.00. The normalized spacial score (nSPS) is 17.1. The molecule has 0 spiro atoms. The summed E-state index contributed by atoms with van der Waals surface area (Å²) >= 11 is 0. The van der Waals surface area contributed by atoms with Crippen LogP contribution in [0.4, 0.5) is 19.0 Å². The van der Waals surface area contributed by atoms with Crippen molar-refractivity contribution in [2.45, 2.75) is 12.6 Å². The Kier molecular flexibility index (Phi) is 4.52. The Bertz CT molecular complexity index is 1090. The van der Waals surface area contributed by atoms with Gasteiger partial charge in [0.25, 0.3) is 0 Å². The summed E-state index contributed by atoms with van der Waals surface area (Å²) in [6.07, 6.45) is -0.287. The number of fused-ring (bicyclic) bond motifs is 1. The van der Waals surface area contributed by atoms with Crippen LogP contribution >= 0.6 is 0 Å². The molecule has 1 unspecified atom stereocenters. The minimum atomic E-state index is -4.40. The minimum absolute atomic E-state index is 0.0671. The van der Waals surface area contributed by atoms with Crippen molar-refractivity contribution in [1.82, 2.24) is 14.4 Å². The summed E-state index contributed by atoms with van der Waals surface area (Å²) in [6.45, 7) is 4.94. The Hall–Kier alpha value is -3.36. The molecule has 2 aromatic heterocycles. The van der Waals surface area contributed by atoms with Crippen LogP contribution in [-0.4, -0.2) is 33.4 Å². The van der Waals surface area contributed by atoms with Crippen LogP contribution in [0.2, 0.25) is 0 Å². The van der Waals surface area contributed by atoms with Gasteiger partial charge in [-0.1, -0.05) is 18.7 Å². The number of carbonyl (C=O) groups is 1. The third kappa shape index (κ3) is 3.43. The highest BCUT2D eigenvalue weighted by Crippen LogP contribution is 2.34. The molecule has 150 valence electrons. The average Bonchev–Trinajstić information content (AvgIpc) is 3.31. The average molecular weight is 401 g/mol. The van der Waals surface area contributed by atoms with E-state index in [9.17, 15) is 18.0 Å². The lowest BCUT2D eigenvalue weighted by Crippen LogP contribution is -2.24. The maximum Gasteiger partial charge on any atom is 0.416 e. The second-order valence-electron chi connectivity index (χ2n) is 6.97. The smallest absolute Gasteiger partial charge is 0.366 e. The van der Waals surface area contributed by atoms with Crippen LogP contribution in [-0.2, 0) is 11.0 Å². The molecule has 0 bridgehead atoms. The quantitative estimate of drug-likeness (QED) is 0.681. The van der Waals surface area contributed by atoms with Crippen LogP contribution in [0.15, 0.2) is 54.9 Å². The number of carbonyl (C=O) groups excluding carboxylic acids is 1. The van der Waals surface area contributed by atoms with E-state index in [-0.39, 0.29) is 5.92 Å². The zero-order valence-corrected chi connectivity index (χ0v) is 15.4. The molecule has 1 atom stereocenters. The van der Waals surface area contributed by atoms with Crippen LogP contribution in [0, 0.1) is 5.92 Å². The molecule has 6 nitrogen and oxygen atoms in total. The highest BCUT2D eigenvalue weighted by molar-refractivity contribution is 5.92. The van der Waals surface area contributed by atoms with Crippen molar-refractivity contribution >= 4 is 17.4 Å². The third-order valence-corrected chi connectivity index (χ3v) is 5.15. The fraction of sp³-hybridized carbons (Fsp3) is 0.250. The second-order valence-corrected chi connectivity index (χ2v) is 6.97. The number of aromatic nitrogens is 3. The Morgan fingerprint density at radius 2 is 1.97 bits per heavy atom. The lowest BCUT2D eigenvalue weighted by molar-refractivity contribution is -0.137. The third-order valence-electron chi connectivity index (χ3n) is 5.15. The number of alkyl halides is 3. The first-order valence-electron chi connectivity index (χ1n) is 9.00. The van der Waals surface area contributed by atoms with Gasteiger partial charge in [-0.2, -0.15) is 13.2 Å². The number of amides is 1. The maximum absolute atomic E-state index is 12.9. The number of anilines is 1. The van der Waals surface area contributed by atoms with Crippen LogP contribution in [0.5, 0.6) is 0 Å². The fourth-order valence-corrected chi connectivity index (χ4v) is 3.57. The van der Waals surface area contributed by atoms with E-state index in [0.717, 1.165) is 12.1 Å². The lowest BCUT2D eigenvalue weighted by atomic mass is 10.00. The topological polar surface area (TPSA) is 76.5 Å². The van der Waals surface area contributed by atoms with E-state index in [1.165, 1.54) is 12.1 Å². The van der Waals surface area contributed by atoms with Gasteiger partial charge in [-0.15, -0.1) is 0 Å². The fourth-order valence-electron chi connectivity index (χ4n) is 3.57. The van der Waals surface area contributed by atoms with Gasteiger partial charge in [0.2, 0.25) is 5.91 Å². The van der Waals surface area contributed by atoms with Crippen molar-refractivity contribution in [3.05, 3.63) is 60.4 Å². The predicted molar refractivity (Wildman–Crippen MR) is 102 cm³/mol. The number of primary amides is 1. The van der Waals surface area contributed by atoms with Crippen molar-refractivity contribution in [2.75, 3.05) is 18.0 Å². The second kappa shape index (κ2) is 6.91. The van der Waals surface area contributed by atoms with Gasteiger partial charge in [-0.3, -0.25) is 9.20 Å². The van der Waals surface area contributed by atoms with Crippen molar-refractivity contribution in [2.24, 2.45) is 11.7 Å². The van der Waals surface area contributed by atoms with Crippen molar-refractivity contribution in [3.8, 4) is 11.4 Å². The van der Waals surface area contributed by atoms with E-state index in [1.807, 2.05) is 4.90 Å². The standard InChI is InChI=1S/C20H18F3N5O/c1-12(16(24)29)14-7-10-27(11-14)19-18-25-8-2-9-28(18)17(26-19)13-3-5-15(6-4-13)20(21,22)23/h2-6,8-9,14H,1,7,10-11H2,(H2,24,29). The Morgan fingerprint density at radius 3 is 2.62 bits per heavy atom. The van der Waals surface area contributed by atoms with Crippen molar-refractivity contribution < 1.29 is 18.0 Å². The van der Waals surface area contributed by atoms with E-state index < -0.39 is 17.6 Å². The summed E-state index contributed by atoms with van der Waals surface area (Å²) in [5, 5.41) is 0. The molecular formula is C20H18F3N5O. The molecule has 2 N–H and O–H groups in total. The molecule has 4 rings (SSSR count). The van der Waals surface area contributed by atoms with Crippen LogP contribution < -0.4 is 10.6 Å². The molecule has 1 fully saturated rings. The number of benzene rings is 1. The van der Waals surface area contributed by atoms with Gasteiger partial charge in [0.15, 0.2) is 11.5 Å². The lowest BCUT2D eigenvalue weighted by Gasteiger charge is -2.16. The predicted octanol–water partition coefficient (Wildman–Crippen LogP) is 3.28. The molecule has 1 aliphatic rings. The summed E-state index contributed by atoms with van der Waals surface area (Å²) in [5.74, 6) is 0.520. The van der Waals surface area contributed by atoms with Gasteiger partial charge in [-0.05, 0) is 24.6 Å². The van der Waals surface area contributed by atoms with E-state index in [2.05, 4.69) is 16.5 Å². The molecule has 9 heteroatoms. The van der Waals surface area contributed by atoms with Gasteiger partial charge >= 0.3 is 6.18 Å². The number of nitrogens with two attached hydrogens (primary N) is 1. The minimum Gasteiger partial charge on any atom is -0.366 e. The van der Waals surface area contributed by atoms with Crippen molar-refractivity contribution in [1.29, 1.82) is 0 Å². The number of nitrogens with zero attached hydrogens (tertiary/aromatic N) is 4. The van der Waals surface area contributed by atoms with E-state index in [1.54, 1.807) is 22.9 Å². The van der Waals surface area contributed by atoms with Crippen LogP contribution in [0.1, 0.15) is 12.0 Å². The van der Waals surface area contributed by atoms with Crippen LogP contribution in [0.3, 0.4) is 0 Å². The zero-order chi connectivity index (χ0) is 20.8. The number of halogens is 3. The Labute approximate surface area is 164 Å². The highest BCUT2D eigenvalue weighted by atomic mass is 19.4. The summed E-state index contributed by atoms with van der Waals surface area (Å²) in [6, 6.07) is 6.60. The van der Waals surface area contributed by atoms with Crippen LogP contribution in [0.25, 0.3) is 17.0 Å². The maximum atomic E-state index is 12.9. The molecule has 1 aliphatic heterocycles. The number of hydrogen-bond acceptors (Lipinski definition) is 4. The SMILES string of the molecule is C=C(C(N)=O)C1CCN(c2nc(-c3ccc(C(F)(F)F)cc3)n3cccnc23)C1. The molecule has 0 radical (unpaired) electrons. The molecule has 3 aromatic rings. The summed E-state index contributed by atoms with van der Waals surface area (Å²) in [5.41, 5.74) is 6.15. The van der Waals surface area contributed by atoms with E-state index >= 15 is 0 Å². The number of rotatable bonds is 4. The number of hydrogen-bond donors (Lipinski definition) is 1.